The van der Waals surface area contributed by atoms with Crippen LogP contribution in [0.3, 0.4) is 0 Å². The number of hydrogen-bond acceptors (Lipinski definition) is 14. The quantitative estimate of drug-likeness (QED) is 0.0491. The van der Waals surface area contributed by atoms with Gasteiger partial charge >= 0.3 is 6.09 Å². The fourth-order valence-electron chi connectivity index (χ4n) is 5.27. The molecule has 0 saturated heterocycles. The van der Waals surface area contributed by atoms with Gasteiger partial charge in [-0.15, -0.1) is 0 Å². The van der Waals surface area contributed by atoms with E-state index in [1.165, 1.54) is 14.2 Å². The molecule has 2 aromatic heterocycles. The van der Waals surface area contributed by atoms with Gasteiger partial charge in [-0.2, -0.15) is 0 Å². The highest BCUT2D eigenvalue weighted by Gasteiger charge is 2.32. The lowest BCUT2D eigenvalue weighted by atomic mass is 10.0. The second-order valence-corrected chi connectivity index (χ2v) is 16.8. The number of ketones is 2. The zero-order valence-corrected chi connectivity index (χ0v) is 39.4. The van der Waals surface area contributed by atoms with Gasteiger partial charge in [0.2, 0.25) is 0 Å². The fraction of sp³-hybridized carbons (Fsp3) is 0.600. The zero-order chi connectivity index (χ0) is 48.1. The number of pyridine rings is 2. The van der Waals surface area contributed by atoms with E-state index in [2.05, 4.69) is 42.8 Å². The third-order valence-corrected chi connectivity index (χ3v) is 8.98. The number of nitrogens with two attached hydrogens (primary N) is 2. The Morgan fingerprint density at radius 3 is 1.45 bits per heavy atom. The molecular formula is C45H75N9O10. The summed E-state index contributed by atoms with van der Waals surface area (Å²) < 4.78 is 26.9. The van der Waals surface area contributed by atoms with Gasteiger partial charge in [0.05, 0.1) is 12.1 Å². The molecule has 0 aromatic carbocycles. The first-order valence-electron chi connectivity index (χ1n) is 20.6. The molecular weight excluding hydrogens is 827 g/mol. The van der Waals surface area contributed by atoms with Crippen LogP contribution in [0.1, 0.15) is 104 Å². The van der Waals surface area contributed by atoms with Crippen molar-refractivity contribution in [2.24, 2.45) is 16.5 Å². The van der Waals surface area contributed by atoms with Crippen molar-refractivity contribution in [3.8, 4) is 11.5 Å². The van der Waals surface area contributed by atoms with E-state index in [0.29, 0.717) is 50.3 Å². The summed E-state index contributed by atoms with van der Waals surface area (Å²) in [5.74, 6) is 0.0412. The van der Waals surface area contributed by atoms with E-state index in [9.17, 15) is 24.0 Å². The third-order valence-electron chi connectivity index (χ3n) is 8.98. The van der Waals surface area contributed by atoms with Crippen molar-refractivity contribution in [2.75, 3.05) is 40.5 Å². The number of aromatic nitrogens is 2. The lowest BCUT2D eigenvalue weighted by Gasteiger charge is -2.26. The van der Waals surface area contributed by atoms with Gasteiger partial charge in [-0.05, 0) is 102 Å². The van der Waals surface area contributed by atoms with Crippen LogP contribution in [-0.4, -0.2) is 115 Å². The summed E-state index contributed by atoms with van der Waals surface area (Å²) in [6.45, 7) is 23.3. The molecule has 64 heavy (non-hydrogen) atoms. The van der Waals surface area contributed by atoms with E-state index in [1.807, 2.05) is 27.7 Å². The Hall–Kier alpha value is -5.82. The van der Waals surface area contributed by atoms with Gasteiger partial charge < -0.3 is 51.1 Å². The molecule has 2 aromatic rings. The van der Waals surface area contributed by atoms with Gasteiger partial charge in [-0.1, -0.05) is 14.0 Å². The molecule has 19 nitrogen and oxygen atoms in total. The predicted molar refractivity (Wildman–Crippen MR) is 247 cm³/mol. The standard InChI is InChI=1S/C25H40N4O6.C19H31N5O4.CH4/c1-16-13-19(14-17(2)27-16)34-15-21(30)20(29-22(31)25(7,8)33-9)11-10-12-26-18(3)28-23(32)35-24(4,5)6;1-12-9-14(10-13(2)23-12)28-11-16(25)15(7-6-8-22-18(20)21)24-17(26)19(3,4)27-5;/h13-14,20,26H,3,10-12,15H2,1-2,4-9H3,(H,28,32)(H,29,31);9-10,15H,6-8,11H2,1-5H3,(H,24,26)(H4,20,21,22);1H4/t20-;15-;/m00./s1. The van der Waals surface area contributed by atoms with E-state index in [-0.39, 0.29) is 49.9 Å². The van der Waals surface area contributed by atoms with Crippen molar-refractivity contribution in [1.29, 1.82) is 0 Å². The number of methoxy groups -OCH3 is 2. The largest absolute Gasteiger partial charge is 0.486 e. The van der Waals surface area contributed by atoms with Gasteiger partial charge in [-0.3, -0.25) is 39.5 Å². The summed E-state index contributed by atoms with van der Waals surface area (Å²) >= 11 is 0. The number of nitrogens with zero attached hydrogens (tertiary/aromatic N) is 3. The second-order valence-electron chi connectivity index (χ2n) is 16.8. The summed E-state index contributed by atoms with van der Waals surface area (Å²) in [5, 5.41) is 11.0. The van der Waals surface area contributed by atoms with Crippen molar-refractivity contribution in [2.45, 2.75) is 138 Å². The van der Waals surface area contributed by atoms with Crippen LogP contribution in [0, 0.1) is 27.7 Å². The molecule has 8 N–H and O–H groups in total. The molecule has 0 aliphatic heterocycles. The lowest BCUT2D eigenvalue weighted by Crippen LogP contribution is -2.51. The average Bonchev–Trinajstić information content (AvgIpc) is 3.16. The molecule has 0 aliphatic carbocycles. The van der Waals surface area contributed by atoms with Crippen molar-refractivity contribution >= 4 is 35.4 Å². The van der Waals surface area contributed by atoms with Gasteiger partial charge in [-0.25, -0.2) is 4.79 Å². The molecule has 0 spiro atoms. The number of nitrogens with one attached hydrogen (secondary N) is 4. The summed E-state index contributed by atoms with van der Waals surface area (Å²) in [4.78, 5) is 74.9. The summed E-state index contributed by atoms with van der Waals surface area (Å²) in [7, 11) is 2.87. The minimum Gasteiger partial charge on any atom is -0.486 e. The van der Waals surface area contributed by atoms with Crippen molar-refractivity contribution in [1.82, 2.24) is 31.2 Å². The molecule has 2 rings (SSSR count). The summed E-state index contributed by atoms with van der Waals surface area (Å²) in [6.07, 6.45) is 1.13. The first kappa shape index (κ1) is 58.2. The van der Waals surface area contributed by atoms with Crippen LogP contribution in [-0.2, 0) is 33.4 Å². The molecule has 3 amide bonds. The van der Waals surface area contributed by atoms with Gasteiger partial charge in [0.25, 0.3) is 11.8 Å². The molecule has 360 valence electrons. The first-order valence-corrected chi connectivity index (χ1v) is 20.6. The van der Waals surface area contributed by atoms with Crippen LogP contribution in [0.4, 0.5) is 4.79 Å². The van der Waals surface area contributed by atoms with Gasteiger partial charge in [0.1, 0.15) is 47.3 Å². The predicted octanol–water partition coefficient (Wildman–Crippen LogP) is 4.17. The number of Topliss-reactive ketones (excluding diaryl/α,β-unsaturated/α-hetero) is 2. The Morgan fingerprint density at radius 1 is 0.703 bits per heavy atom. The molecule has 0 fully saturated rings. The van der Waals surface area contributed by atoms with Crippen LogP contribution in [0.15, 0.2) is 41.7 Å². The molecule has 0 aliphatic rings. The number of ether oxygens (including phenoxy) is 5. The topological polar surface area (TPSA) is 270 Å². The number of rotatable bonds is 24. The number of amides is 3. The number of carbonyl (C=O) groups is 5. The van der Waals surface area contributed by atoms with Crippen LogP contribution in [0.5, 0.6) is 11.5 Å². The highest BCUT2D eigenvalue weighted by atomic mass is 16.6. The zero-order valence-electron chi connectivity index (χ0n) is 39.4. The maximum absolute atomic E-state index is 12.9. The van der Waals surface area contributed by atoms with E-state index in [0.717, 1.165) is 22.8 Å². The smallest absolute Gasteiger partial charge is 0.413 e. The highest BCUT2D eigenvalue weighted by Crippen LogP contribution is 2.17. The van der Waals surface area contributed by atoms with Crippen molar-refractivity contribution < 1.29 is 47.7 Å². The number of alkyl carbamates (subject to hydrolysis) is 1. The molecule has 2 atom stereocenters. The molecule has 0 saturated carbocycles. The van der Waals surface area contributed by atoms with E-state index in [4.69, 9.17) is 35.2 Å². The molecule has 19 heteroatoms. The number of carbonyl (C=O) groups excluding carboxylic acids is 5. The van der Waals surface area contributed by atoms with Gasteiger partial charge in [0.15, 0.2) is 17.5 Å². The Labute approximate surface area is 379 Å². The van der Waals surface area contributed by atoms with Crippen LogP contribution in [0.25, 0.3) is 0 Å². The van der Waals surface area contributed by atoms with Crippen LogP contribution in [0.2, 0.25) is 0 Å². The van der Waals surface area contributed by atoms with E-state index < -0.39 is 40.9 Å². The second kappa shape index (κ2) is 27.4. The monoisotopic (exact) mass is 902 g/mol. The fourth-order valence-corrected chi connectivity index (χ4v) is 5.27. The Kier molecular flexibility index (Phi) is 24.9. The molecule has 0 radical (unpaired) electrons. The van der Waals surface area contributed by atoms with E-state index >= 15 is 0 Å². The Balaban J connectivity index is 0.00000125. The summed E-state index contributed by atoms with van der Waals surface area (Å²) in [6, 6.07) is 5.47. The number of aryl methyl sites for hydroxylation is 4. The maximum atomic E-state index is 12.9. The first-order chi connectivity index (χ1) is 29.2. The molecule has 0 bridgehead atoms. The Morgan fingerprint density at radius 2 is 1.09 bits per heavy atom. The van der Waals surface area contributed by atoms with Crippen LogP contribution < -0.4 is 42.2 Å². The maximum Gasteiger partial charge on any atom is 0.413 e. The molecule has 0 unspecified atom stereocenters. The number of aliphatic imine (C=N–C) groups is 1. The van der Waals surface area contributed by atoms with E-state index in [1.54, 1.807) is 72.7 Å². The van der Waals surface area contributed by atoms with Crippen molar-refractivity contribution in [3.05, 3.63) is 59.4 Å². The number of hydrogen-bond donors (Lipinski definition) is 6. The average molecular weight is 902 g/mol. The number of guanidine groups is 1. The van der Waals surface area contributed by atoms with Gasteiger partial charge in [0, 0.05) is 74.4 Å². The minimum absolute atomic E-state index is 0. The van der Waals surface area contributed by atoms with Crippen molar-refractivity contribution in [3.63, 3.8) is 0 Å². The Bertz CT molecular complexity index is 1850. The SMILES string of the molecule is C.C=C(NCCC[C@H](NC(=O)C(C)(C)OC)C(=O)COc1cc(C)nc(C)c1)NC(=O)OC(C)(C)C.COC(C)(C)C(=O)N[C@@H](CCCN=C(N)N)C(=O)COc1cc(C)nc(C)c1. The minimum atomic E-state index is -1.09. The van der Waals surface area contributed by atoms with Crippen LogP contribution >= 0.6 is 0 Å². The highest BCUT2D eigenvalue weighted by molar-refractivity contribution is 5.93. The molecule has 2 heterocycles. The lowest BCUT2D eigenvalue weighted by molar-refractivity contribution is -0.142. The third kappa shape index (κ3) is 23.6. The normalized spacial score (nSPS) is 12.1. The summed E-state index contributed by atoms with van der Waals surface area (Å²) in [5.41, 5.74) is 11.0.